The third-order valence-electron chi connectivity index (χ3n) is 9.21. The fourth-order valence-corrected chi connectivity index (χ4v) is 6.74. The molecule has 5 nitrogen and oxygen atoms in total. The molecule has 1 unspecified atom stereocenters. The fourth-order valence-electron chi connectivity index (χ4n) is 6.74. The summed E-state index contributed by atoms with van der Waals surface area (Å²) in [6, 6.07) is 17.1. The summed E-state index contributed by atoms with van der Waals surface area (Å²) in [6.45, 7) is 6.67. The van der Waals surface area contributed by atoms with Crippen LogP contribution in [0.3, 0.4) is 0 Å². The van der Waals surface area contributed by atoms with Crippen LogP contribution in [0.25, 0.3) is 0 Å². The van der Waals surface area contributed by atoms with E-state index in [1.54, 1.807) is 0 Å². The van der Waals surface area contributed by atoms with Crippen LogP contribution in [0.5, 0.6) is 0 Å². The van der Waals surface area contributed by atoms with E-state index in [4.69, 9.17) is 4.74 Å². The van der Waals surface area contributed by atoms with E-state index in [1.807, 2.05) is 24.3 Å². The van der Waals surface area contributed by atoms with E-state index in [9.17, 15) is 4.79 Å². The van der Waals surface area contributed by atoms with Crippen molar-refractivity contribution in [3.8, 4) is 0 Å². The summed E-state index contributed by atoms with van der Waals surface area (Å²) < 4.78 is 5.87. The number of hydrogen-bond acceptors (Lipinski definition) is 4. The zero-order valence-corrected chi connectivity index (χ0v) is 21.0. The van der Waals surface area contributed by atoms with Crippen molar-refractivity contribution in [2.24, 2.45) is 5.92 Å². The second-order valence-electron chi connectivity index (χ2n) is 11.4. The highest BCUT2D eigenvalue weighted by atomic mass is 16.5. The van der Waals surface area contributed by atoms with Gasteiger partial charge in [-0.25, -0.2) is 0 Å². The van der Waals surface area contributed by atoms with Crippen molar-refractivity contribution in [3.63, 3.8) is 0 Å². The molecule has 5 heteroatoms. The van der Waals surface area contributed by atoms with Gasteiger partial charge in [0.25, 0.3) is 5.91 Å². The molecule has 4 aliphatic rings. The molecule has 2 aromatic rings. The summed E-state index contributed by atoms with van der Waals surface area (Å²) in [5.41, 5.74) is 4.13. The number of carbonyl (C=O) groups excluding carboxylic acids is 1. The van der Waals surface area contributed by atoms with Gasteiger partial charge in [0.2, 0.25) is 0 Å². The minimum absolute atomic E-state index is 0.0691. The quantitative estimate of drug-likeness (QED) is 0.548. The first-order valence-corrected chi connectivity index (χ1v) is 13.7. The van der Waals surface area contributed by atoms with Gasteiger partial charge in [0.05, 0.1) is 18.2 Å². The van der Waals surface area contributed by atoms with Crippen molar-refractivity contribution < 1.29 is 9.53 Å². The molecule has 4 fully saturated rings. The van der Waals surface area contributed by atoms with E-state index in [0.717, 1.165) is 29.8 Å². The number of rotatable bonds is 7. The highest BCUT2D eigenvalue weighted by Gasteiger charge is 2.52. The Morgan fingerprint density at radius 3 is 2.40 bits per heavy atom. The molecule has 2 saturated heterocycles. The number of hydrogen-bond donors (Lipinski definition) is 1. The maximum absolute atomic E-state index is 12.8. The maximum atomic E-state index is 12.8. The second-order valence-corrected chi connectivity index (χ2v) is 11.4. The van der Waals surface area contributed by atoms with Gasteiger partial charge in [0, 0.05) is 42.6 Å². The average molecular weight is 474 g/mol. The van der Waals surface area contributed by atoms with Crippen LogP contribution in [0.4, 0.5) is 11.4 Å². The molecule has 6 rings (SSSR count). The number of benzene rings is 2. The highest BCUT2D eigenvalue weighted by molar-refractivity contribution is 6.04. The molecule has 1 N–H and O–H groups in total. The predicted molar refractivity (Wildman–Crippen MR) is 141 cm³/mol. The van der Waals surface area contributed by atoms with E-state index in [-0.39, 0.29) is 11.4 Å². The van der Waals surface area contributed by atoms with E-state index in [1.165, 1.54) is 70.1 Å². The molecule has 0 bridgehead atoms. The zero-order chi connectivity index (χ0) is 23.8. The van der Waals surface area contributed by atoms with Crippen LogP contribution in [-0.4, -0.2) is 48.1 Å². The SMILES string of the molecule is C[C@]12CN(C3CCCC3)CC1CCN2c1ccc(NC(=O)c2ccc(COC3CCC3)cc2)cc1. The molecule has 2 heterocycles. The summed E-state index contributed by atoms with van der Waals surface area (Å²) in [5, 5.41) is 3.07. The summed E-state index contributed by atoms with van der Waals surface area (Å²) >= 11 is 0. The van der Waals surface area contributed by atoms with Gasteiger partial charge in [0.1, 0.15) is 0 Å². The van der Waals surface area contributed by atoms with Gasteiger partial charge in [-0.15, -0.1) is 0 Å². The van der Waals surface area contributed by atoms with Gasteiger partial charge >= 0.3 is 0 Å². The topological polar surface area (TPSA) is 44.8 Å². The molecule has 1 amide bonds. The van der Waals surface area contributed by atoms with Crippen molar-refractivity contribution >= 4 is 17.3 Å². The summed E-state index contributed by atoms with van der Waals surface area (Å²) in [4.78, 5) is 18.2. The Hall–Kier alpha value is -2.37. The number of fused-ring (bicyclic) bond motifs is 1. The molecular weight excluding hydrogens is 434 g/mol. The van der Waals surface area contributed by atoms with Crippen LogP contribution < -0.4 is 10.2 Å². The molecule has 2 aromatic carbocycles. The monoisotopic (exact) mass is 473 g/mol. The number of likely N-dealkylation sites (tertiary alicyclic amines) is 1. The largest absolute Gasteiger partial charge is 0.374 e. The molecular formula is C30H39N3O2. The fraction of sp³-hybridized carbons (Fsp3) is 0.567. The molecule has 2 atom stereocenters. The normalized spacial score (nSPS) is 27.2. The summed E-state index contributed by atoms with van der Waals surface area (Å²) in [7, 11) is 0. The van der Waals surface area contributed by atoms with E-state index in [0.29, 0.717) is 18.3 Å². The van der Waals surface area contributed by atoms with Crippen molar-refractivity contribution in [2.75, 3.05) is 29.9 Å². The molecule has 2 aliphatic carbocycles. The number of carbonyl (C=O) groups is 1. The van der Waals surface area contributed by atoms with Gasteiger partial charge < -0.3 is 15.0 Å². The van der Waals surface area contributed by atoms with E-state index >= 15 is 0 Å². The number of amides is 1. The van der Waals surface area contributed by atoms with Gasteiger partial charge in [-0.1, -0.05) is 25.0 Å². The van der Waals surface area contributed by atoms with Gasteiger partial charge in [0.15, 0.2) is 0 Å². The van der Waals surface area contributed by atoms with Gasteiger partial charge in [-0.2, -0.15) is 0 Å². The number of nitrogens with one attached hydrogen (secondary N) is 1. The van der Waals surface area contributed by atoms with Crippen LogP contribution in [-0.2, 0) is 11.3 Å². The van der Waals surface area contributed by atoms with Crippen molar-refractivity contribution in [2.45, 2.75) is 82.6 Å². The van der Waals surface area contributed by atoms with E-state index in [2.05, 4.69) is 46.3 Å². The molecule has 0 aromatic heterocycles. The molecule has 186 valence electrons. The number of anilines is 2. The second kappa shape index (κ2) is 9.59. The third-order valence-corrected chi connectivity index (χ3v) is 9.21. The summed E-state index contributed by atoms with van der Waals surface area (Å²) in [6.07, 6.45) is 10.9. The Bertz CT molecular complexity index is 1030. The maximum Gasteiger partial charge on any atom is 0.255 e. The van der Waals surface area contributed by atoms with Crippen LogP contribution in [0.1, 0.15) is 74.2 Å². The standard InChI is InChI=1S/C30H39N3O2/c1-30-21-32(26-5-2-3-6-26)19-24(30)17-18-33(30)27-15-13-25(14-16-27)31-29(34)23-11-9-22(10-12-23)20-35-28-7-4-8-28/h9-16,24,26,28H,2-8,17-21H2,1H3,(H,31,34)/t24?,30-/m0/s1. The number of nitrogens with zero attached hydrogens (tertiary/aromatic N) is 2. The van der Waals surface area contributed by atoms with Gasteiger partial charge in [-0.3, -0.25) is 9.69 Å². The molecule has 35 heavy (non-hydrogen) atoms. The van der Waals surface area contributed by atoms with Crippen LogP contribution >= 0.6 is 0 Å². The van der Waals surface area contributed by atoms with Gasteiger partial charge in [-0.05, 0) is 93.3 Å². The Morgan fingerprint density at radius 2 is 1.71 bits per heavy atom. The lowest BCUT2D eigenvalue weighted by Gasteiger charge is -2.38. The van der Waals surface area contributed by atoms with Crippen LogP contribution in [0.2, 0.25) is 0 Å². The zero-order valence-electron chi connectivity index (χ0n) is 21.0. The molecule has 0 radical (unpaired) electrons. The third kappa shape index (κ3) is 4.61. The first-order valence-electron chi connectivity index (χ1n) is 13.7. The van der Waals surface area contributed by atoms with Crippen molar-refractivity contribution in [3.05, 3.63) is 59.7 Å². The lowest BCUT2D eigenvalue weighted by atomic mass is 9.90. The Balaban J connectivity index is 1.06. The Kier molecular flexibility index (Phi) is 6.32. The Labute approximate surface area is 209 Å². The minimum atomic E-state index is -0.0691. The minimum Gasteiger partial charge on any atom is -0.374 e. The average Bonchev–Trinajstić information content (AvgIpc) is 3.54. The first-order chi connectivity index (χ1) is 17.1. The summed E-state index contributed by atoms with van der Waals surface area (Å²) in [5.74, 6) is 0.685. The van der Waals surface area contributed by atoms with Crippen LogP contribution in [0.15, 0.2) is 48.5 Å². The lowest BCUT2D eigenvalue weighted by Crippen LogP contribution is -2.48. The molecule has 2 aliphatic heterocycles. The lowest BCUT2D eigenvalue weighted by molar-refractivity contribution is -0.00866. The molecule has 2 saturated carbocycles. The Morgan fingerprint density at radius 1 is 0.971 bits per heavy atom. The van der Waals surface area contributed by atoms with Crippen molar-refractivity contribution in [1.29, 1.82) is 0 Å². The molecule has 0 spiro atoms. The predicted octanol–water partition coefficient (Wildman–Crippen LogP) is 5.85. The van der Waals surface area contributed by atoms with Crippen molar-refractivity contribution in [1.82, 2.24) is 4.90 Å². The number of ether oxygens (including phenoxy) is 1. The highest BCUT2D eigenvalue weighted by Crippen LogP contribution is 2.45. The smallest absolute Gasteiger partial charge is 0.255 e. The van der Waals surface area contributed by atoms with Crippen LogP contribution in [0, 0.1) is 5.92 Å². The first kappa shape index (κ1) is 23.1. The van der Waals surface area contributed by atoms with E-state index < -0.39 is 0 Å².